The lowest BCUT2D eigenvalue weighted by atomic mass is 10.2. The minimum atomic E-state index is -3.20. The lowest BCUT2D eigenvalue weighted by molar-refractivity contribution is 0.602. The van der Waals surface area contributed by atoms with Crippen LogP contribution in [0, 0.1) is 17.8 Å². The Morgan fingerprint density at radius 1 is 0.969 bits per heavy atom. The number of piperidine rings is 1. The number of nitrogens with zero attached hydrogens (tertiary/aromatic N) is 5. The highest BCUT2D eigenvalue weighted by atomic mass is 32.2. The van der Waals surface area contributed by atoms with Crippen LogP contribution in [0.1, 0.15) is 12.5 Å². The van der Waals surface area contributed by atoms with E-state index in [9.17, 15) is 8.42 Å². The second-order valence-corrected chi connectivity index (χ2v) is 10.6. The van der Waals surface area contributed by atoms with Crippen molar-refractivity contribution >= 4 is 21.6 Å². The zero-order valence-corrected chi connectivity index (χ0v) is 19.0. The zero-order chi connectivity index (χ0) is 22.3. The number of nitrogens with one attached hydrogen (secondary N) is 1. The first-order valence-electron chi connectivity index (χ1n) is 10.8. The van der Waals surface area contributed by atoms with Crippen LogP contribution in [0.2, 0.25) is 0 Å². The topological polar surface area (TPSA) is 101 Å². The molecule has 1 saturated heterocycles. The minimum absolute atomic E-state index is 0.297. The van der Waals surface area contributed by atoms with Gasteiger partial charge in [0.05, 0.1) is 23.0 Å². The van der Waals surface area contributed by atoms with Gasteiger partial charge in [-0.2, -0.15) is 0 Å². The van der Waals surface area contributed by atoms with Gasteiger partial charge in [-0.3, -0.25) is 4.98 Å². The third kappa shape index (κ3) is 4.17. The molecule has 3 heterocycles. The van der Waals surface area contributed by atoms with Crippen LogP contribution in [-0.4, -0.2) is 54.2 Å². The molecule has 1 aliphatic heterocycles. The fraction of sp³-hybridized carbons (Fsp3) is 0.391. The van der Waals surface area contributed by atoms with Gasteiger partial charge < -0.3 is 10.2 Å². The molecule has 166 valence electrons. The Hall–Kier alpha value is -3.07. The van der Waals surface area contributed by atoms with Crippen molar-refractivity contribution in [3.05, 3.63) is 54.6 Å². The smallest absolute Gasteiger partial charge is 0.225 e. The van der Waals surface area contributed by atoms with Crippen molar-refractivity contribution in [3.8, 4) is 11.3 Å². The van der Waals surface area contributed by atoms with Crippen molar-refractivity contribution in [1.82, 2.24) is 19.9 Å². The van der Waals surface area contributed by atoms with Crippen LogP contribution >= 0.6 is 0 Å². The number of hydrogen-bond donors (Lipinski definition) is 1. The third-order valence-electron chi connectivity index (χ3n) is 6.50. The molecule has 1 aromatic carbocycles. The number of hydrogen-bond acceptors (Lipinski definition) is 8. The maximum atomic E-state index is 11.6. The molecule has 0 amide bonds. The molecule has 3 aromatic rings. The molecule has 8 nitrogen and oxygen atoms in total. The van der Waals surface area contributed by atoms with Crippen molar-refractivity contribution in [1.29, 1.82) is 0 Å². The summed E-state index contributed by atoms with van der Waals surface area (Å²) in [6, 6.07) is 6.70. The largest absolute Gasteiger partial charge is 0.368 e. The predicted octanol–water partition coefficient (Wildman–Crippen LogP) is 2.69. The van der Waals surface area contributed by atoms with Crippen LogP contribution in [0.3, 0.4) is 0 Å². The first kappa shape index (κ1) is 20.8. The quantitative estimate of drug-likeness (QED) is 0.586. The van der Waals surface area contributed by atoms with Crippen LogP contribution in [-0.2, 0) is 16.3 Å². The van der Waals surface area contributed by atoms with Gasteiger partial charge in [0.25, 0.3) is 0 Å². The van der Waals surface area contributed by atoms with E-state index in [4.69, 9.17) is 0 Å². The Bertz CT molecular complexity index is 1180. The van der Waals surface area contributed by atoms with Gasteiger partial charge in [0.1, 0.15) is 5.82 Å². The molecule has 1 saturated carbocycles. The molecule has 9 heteroatoms. The molecule has 1 aliphatic carbocycles. The average Bonchev–Trinajstić information content (AvgIpc) is 3.26. The van der Waals surface area contributed by atoms with Gasteiger partial charge in [-0.25, -0.2) is 23.4 Å². The molecule has 1 N–H and O–H groups in total. The van der Waals surface area contributed by atoms with Crippen molar-refractivity contribution in [3.63, 3.8) is 0 Å². The summed E-state index contributed by atoms with van der Waals surface area (Å²) in [5.74, 6) is 3.59. The maximum absolute atomic E-state index is 11.6. The Labute approximate surface area is 188 Å². The molecule has 1 unspecified atom stereocenters. The third-order valence-corrected chi connectivity index (χ3v) is 7.63. The number of aryl methyl sites for hydroxylation is 1. The predicted molar refractivity (Wildman–Crippen MR) is 123 cm³/mol. The second kappa shape index (κ2) is 8.12. The Balaban J connectivity index is 1.13. The number of fused-ring (bicyclic) bond motifs is 1. The monoisotopic (exact) mass is 450 g/mol. The maximum Gasteiger partial charge on any atom is 0.225 e. The van der Waals surface area contributed by atoms with Crippen molar-refractivity contribution in [2.75, 3.05) is 36.1 Å². The van der Waals surface area contributed by atoms with Crippen LogP contribution in [0.5, 0.6) is 0 Å². The average molecular weight is 451 g/mol. The molecule has 2 aromatic heterocycles. The normalized spacial score (nSPS) is 21.9. The molecule has 32 heavy (non-hydrogen) atoms. The Morgan fingerprint density at radius 3 is 2.22 bits per heavy atom. The Kier molecular flexibility index (Phi) is 5.28. The summed E-state index contributed by atoms with van der Waals surface area (Å²) in [6.45, 7) is 5.01. The highest BCUT2D eigenvalue weighted by Crippen LogP contribution is 2.52. The van der Waals surface area contributed by atoms with Crippen molar-refractivity contribution in [2.45, 2.75) is 18.2 Å². The summed E-state index contributed by atoms with van der Waals surface area (Å²) in [4.78, 5) is 20.6. The number of sulfone groups is 1. The minimum Gasteiger partial charge on any atom is -0.368 e. The van der Waals surface area contributed by atoms with Gasteiger partial charge in [0.2, 0.25) is 5.95 Å². The van der Waals surface area contributed by atoms with E-state index >= 15 is 0 Å². The van der Waals surface area contributed by atoms with E-state index in [1.54, 1.807) is 36.7 Å². The molecule has 3 atom stereocenters. The van der Waals surface area contributed by atoms with Gasteiger partial charge in [0.15, 0.2) is 9.84 Å². The van der Waals surface area contributed by atoms with Crippen molar-refractivity contribution < 1.29 is 8.42 Å². The summed E-state index contributed by atoms with van der Waals surface area (Å²) in [5.41, 5.74) is 2.71. The van der Waals surface area contributed by atoms with Crippen molar-refractivity contribution in [2.24, 2.45) is 17.8 Å². The molecular formula is C23H26N6O2S. The fourth-order valence-corrected chi connectivity index (χ4v) is 5.10. The van der Waals surface area contributed by atoms with E-state index in [-0.39, 0.29) is 0 Å². The lowest BCUT2D eigenvalue weighted by Gasteiger charge is -2.19. The summed E-state index contributed by atoms with van der Waals surface area (Å²) in [5, 5.41) is 3.41. The number of aromatic nitrogens is 4. The van der Waals surface area contributed by atoms with Gasteiger partial charge in [-0.15, -0.1) is 0 Å². The van der Waals surface area contributed by atoms with Crippen LogP contribution in [0.25, 0.3) is 11.3 Å². The number of rotatable bonds is 7. The van der Waals surface area contributed by atoms with E-state index in [1.807, 2.05) is 12.4 Å². The summed E-state index contributed by atoms with van der Waals surface area (Å²) >= 11 is 0. The van der Waals surface area contributed by atoms with E-state index in [2.05, 4.69) is 37.1 Å². The van der Waals surface area contributed by atoms with E-state index in [1.165, 1.54) is 11.8 Å². The van der Waals surface area contributed by atoms with Crippen LogP contribution in [0.4, 0.5) is 11.8 Å². The van der Waals surface area contributed by atoms with Gasteiger partial charge >= 0.3 is 0 Å². The van der Waals surface area contributed by atoms with Gasteiger partial charge in [0, 0.05) is 43.8 Å². The number of benzene rings is 1. The molecule has 0 bridgehead atoms. The molecule has 2 aliphatic rings. The second-order valence-electron chi connectivity index (χ2n) is 8.61. The molecular weight excluding hydrogens is 424 g/mol. The van der Waals surface area contributed by atoms with Crippen LogP contribution in [0.15, 0.2) is 53.9 Å². The van der Waals surface area contributed by atoms with E-state index in [0.717, 1.165) is 43.4 Å². The number of anilines is 2. The summed E-state index contributed by atoms with van der Waals surface area (Å²) in [6.07, 6.45) is 9.45. The summed E-state index contributed by atoms with van der Waals surface area (Å²) in [7, 11) is -3.20. The highest BCUT2D eigenvalue weighted by Gasteiger charge is 2.55. The zero-order valence-electron chi connectivity index (χ0n) is 18.1. The van der Waals surface area contributed by atoms with Gasteiger partial charge in [-0.1, -0.05) is 19.1 Å². The molecule has 2 fully saturated rings. The lowest BCUT2D eigenvalue weighted by Crippen LogP contribution is -2.27. The Morgan fingerprint density at radius 2 is 1.66 bits per heavy atom. The summed E-state index contributed by atoms with van der Waals surface area (Å²) < 4.78 is 23.2. The standard InChI is InChI=1S/C23H26N6O2S/c1-3-15-8-27-23(28-9-15)29-13-19-18(20(19)14-29)10-25-22-12-24-21(11-26-22)16-4-6-17(7-5-16)32(2,30)31/h4-9,11-12,18-20H,3,10,13-14H2,1-2H3,(H,25,26)/t18?,19-,20+. The highest BCUT2D eigenvalue weighted by molar-refractivity contribution is 7.90. The van der Waals surface area contributed by atoms with E-state index < -0.39 is 9.84 Å². The molecule has 5 rings (SSSR count). The molecule has 0 spiro atoms. The van der Waals surface area contributed by atoms with Gasteiger partial charge in [-0.05, 0) is 41.9 Å². The SMILES string of the molecule is CCc1cnc(N2C[C@@H]3C(CNc4cnc(-c5ccc(S(C)(=O)=O)cc5)cn4)[C@@H]3C2)nc1. The van der Waals surface area contributed by atoms with E-state index in [0.29, 0.717) is 28.3 Å². The first-order valence-corrected chi connectivity index (χ1v) is 12.7. The first-order chi connectivity index (χ1) is 15.4. The fourth-order valence-electron chi connectivity index (χ4n) is 4.47. The van der Waals surface area contributed by atoms with Crippen LogP contribution < -0.4 is 10.2 Å². The molecule has 0 radical (unpaired) electrons.